The molecular formula is C23H26N4OS. The van der Waals surface area contributed by atoms with Gasteiger partial charge in [-0.25, -0.2) is 0 Å². The predicted octanol–water partition coefficient (Wildman–Crippen LogP) is 4.16. The van der Waals surface area contributed by atoms with Crippen molar-refractivity contribution in [2.75, 3.05) is 18.8 Å². The highest BCUT2D eigenvalue weighted by Gasteiger charge is 2.19. The molecule has 1 aromatic heterocycles. The number of rotatable bonds is 7. The number of aryl methyl sites for hydroxylation is 2. The maximum atomic E-state index is 12.6. The summed E-state index contributed by atoms with van der Waals surface area (Å²) in [6, 6.07) is 20.6. The average molecular weight is 407 g/mol. The van der Waals surface area contributed by atoms with Crippen molar-refractivity contribution in [2.24, 2.45) is 0 Å². The van der Waals surface area contributed by atoms with Gasteiger partial charge in [-0.3, -0.25) is 9.36 Å². The van der Waals surface area contributed by atoms with Crippen molar-refractivity contribution >= 4 is 17.7 Å². The normalized spacial score (nSPS) is 14.1. The van der Waals surface area contributed by atoms with Crippen LogP contribution < -0.4 is 0 Å². The van der Waals surface area contributed by atoms with Gasteiger partial charge in [0.25, 0.3) is 0 Å². The van der Waals surface area contributed by atoms with Crippen LogP contribution in [0.2, 0.25) is 0 Å². The molecule has 1 saturated heterocycles. The van der Waals surface area contributed by atoms with Crippen LogP contribution in [0, 0.1) is 0 Å². The fourth-order valence-corrected chi connectivity index (χ4v) is 4.53. The summed E-state index contributed by atoms with van der Waals surface area (Å²) in [6.07, 6.45) is 5.15. The van der Waals surface area contributed by atoms with Crippen LogP contribution in [-0.4, -0.2) is 44.4 Å². The molecule has 2 aromatic carbocycles. The van der Waals surface area contributed by atoms with Gasteiger partial charge < -0.3 is 4.90 Å². The first kappa shape index (κ1) is 19.7. The number of carbonyl (C=O) groups is 1. The van der Waals surface area contributed by atoms with E-state index < -0.39 is 0 Å². The Bertz CT molecular complexity index is 921. The molecule has 0 radical (unpaired) electrons. The minimum Gasteiger partial charge on any atom is -0.342 e. The maximum Gasteiger partial charge on any atom is 0.233 e. The van der Waals surface area contributed by atoms with E-state index in [2.05, 4.69) is 51.2 Å². The van der Waals surface area contributed by atoms with Gasteiger partial charge in [-0.2, -0.15) is 0 Å². The predicted molar refractivity (Wildman–Crippen MR) is 116 cm³/mol. The molecule has 6 heteroatoms. The summed E-state index contributed by atoms with van der Waals surface area (Å²) in [6.45, 7) is 1.76. The second-order valence-corrected chi connectivity index (χ2v) is 8.23. The number of para-hydroxylation sites is 1. The van der Waals surface area contributed by atoms with Crippen molar-refractivity contribution in [2.45, 2.75) is 37.3 Å². The Morgan fingerprint density at radius 2 is 1.55 bits per heavy atom. The van der Waals surface area contributed by atoms with Crippen LogP contribution in [-0.2, 0) is 17.6 Å². The van der Waals surface area contributed by atoms with Crippen molar-refractivity contribution < 1.29 is 4.79 Å². The van der Waals surface area contributed by atoms with Crippen LogP contribution in [0.15, 0.2) is 65.8 Å². The molecule has 0 aliphatic carbocycles. The van der Waals surface area contributed by atoms with E-state index in [4.69, 9.17) is 0 Å². The van der Waals surface area contributed by atoms with E-state index in [1.54, 1.807) is 0 Å². The van der Waals surface area contributed by atoms with Crippen LogP contribution in [0.3, 0.4) is 0 Å². The highest BCUT2D eigenvalue weighted by molar-refractivity contribution is 7.99. The molecule has 1 aliphatic heterocycles. The Balaban J connectivity index is 1.50. The Kier molecular flexibility index (Phi) is 6.62. The van der Waals surface area contributed by atoms with E-state index in [-0.39, 0.29) is 5.91 Å². The quantitative estimate of drug-likeness (QED) is 0.553. The number of amides is 1. The van der Waals surface area contributed by atoms with E-state index in [0.717, 1.165) is 55.4 Å². The molecule has 29 heavy (non-hydrogen) atoms. The minimum atomic E-state index is 0.197. The van der Waals surface area contributed by atoms with Crippen molar-refractivity contribution in [1.82, 2.24) is 19.7 Å². The molecule has 1 fully saturated rings. The molecule has 5 nitrogen and oxygen atoms in total. The molecule has 1 aliphatic rings. The summed E-state index contributed by atoms with van der Waals surface area (Å²) in [5.74, 6) is 1.53. The lowest BCUT2D eigenvalue weighted by Gasteiger charge is -2.26. The molecule has 0 saturated carbocycles. The van der Waals surface area contributed by atoms with Crippen LogP contribution in [0.25, 0.3) is 5.69 Å². The van der Waals surface area contributed by atoms with Gasteiger partial charge in [-0.05, 0) is 43.4 Å². The third kappa shape index (κ3) is 5.07. The van der Waals surface area contributed by atoms with Crippen molar-refractivity contribution in [1.29, 1.82) is 0 Å². The average Bonchev–Trinajstić information content (AvgIpc) is 3.20. The zero-order valence-corrected chi connectivity index (χ0v) is 17.4. The molecule has 0 bridgehead atoms. The number of hydrogen-bond donors (Lipinski definition) is 0. The van der Waals surface area contributed by atoms with Gasteiger partial charge in [0.15, 0.2) is 5.16 Å². The number of hydrogen-bond acceptors (Lipinski definition) is 4. The first-order valence-corrected chi connectivity index (χ1v) is 11.2. The highest BCUT2D eigenvalue weighted by Crippen LogP contribution is 2.24. The zero-order valence-electron chi connectivity index (χ0n) is 16.5. The van der Waals surface area contributed by atoms with Crippen LogP contribution in [0.5, 0.6) is 0 Å². The summed E-state index contributed by atoms with van der Waals surface area (Å²) in [5.41, 5.74) is 2.32. The van der Waals surface area contributed by atoms with E-state index in [1.807, 2.05) is 29.2 Å². The number of carbonyl (C=O) groups excluding carboxylic acids is 1. The summed E-state index contributed by atoms with van der Waals surface area (Å²) in [5, 5.41) is 9.67. The van der Waals surface area contributed by atoms with Gasteiger partial charge in [0, 0.05) is 25.2 Å². The lowest BCUT2D eigenvalue weighted by molar-refractivity contribution is -0.129. The molecule has 0 N–H and O–H groups in total. The number of nitrogens with zero attached hydrogens (tertiary/aromatic N) is 4. The molecular weight excluding hydrogens is 380 g/mol. The monoisotopic (exact) mass is 406 g/mol. The number of aromatic nitrogens is 3. The molecule has 0 atom stereocenters. The molecule has 0 spiro atoms. The smallest absolute Gasteiger partial charge is 0.233 e. The molecule has 3 aromatic rings. The molecule has 0 unspecified atom stereocenters. The molecule has 150 valence electrons. The number of thioether (sulfide) groups is 1. The van der Waals surface area contributed by atoms with Gasteiger partial charge in [-0.15, -0.1) is 10.2 Å². The van der Waals surface area contributed by atoms with E-state index in [0.29, 0.717) is 5.75 Å². The van der Waals surface area contributed by atoms with Gasteiger partial charge in [-0.1, -0.05) is 60.3 Å². The number of piperidine rings is 1. The minimum absolute atomic E-state index is 0.197. The number of likely N-dealkylation sites (tertiary alicyclic amines) is 1. The summed E-state index contributed by atoms with van der Waals surface area (Å²) >= 11 is 1.48. The third-order valence-electron chi connectivity index (χ3n) is 5.23. The van der Waals surface area contributed by atoms with Crippen LogP contribution in [0.4, 0.5) is 0 Å². The topological polar surface area (TPSA) is 51.0 Å². The second-order valence-electron chi connectivity index (χ2n) is 7.29. The zero-order chi connectivity index (χ0) is 19.9. The summed E-state index contributed by atoms with van der Waals surface area (Å²) < 4.78 is 2.09. The highest BCUT2D eigenvalue weighted by atomic mass is 32.2. The van der Waals surface area contributed by atoms with Crippen LogP contribution in [0.1, 0.15) is 30.7 Å². The molecule has 2 heterocycles. The van der Waals surface area contributed by atoms with E-state index in [1.165, 1.54) is 23.7 Å². The van der Waals surface area contributed by atoms with Gasteiger partial charge in [0.1, 0.15) is 5.82 Å². The largest absolute Gasteiger partial charge is 0.342 e. The molecule has 4 rings (SSSR count). The fraction of sp³-hybridized carbons (Fsp3) is 0.348. The Morgan fingerprint density at radius 1 is 0.862 bits per heavy atom. The summed E-state index contributed by atoms with van der Waals surface area (Å²) in [7, 11) is 0. The lowest BCUT2D eigenvalue weighted by Crippen LogP contribution is -2.36. The lowest BCUT2D eigenvalue weighted by atomic mass is 10.1. The fourth-order valence-electron chi connectivity index (χ4n) is 3.65. The van der Waals surface area contributed by atoms with Crippen molar-refractivity contribution in [3.63, 3.8) is 0 Å². The second kappa shape index (κ2) is 9.74. The Hall–Kier alpha value is -2.60. The maximum absolute atomic E-state index is 12.6. The first-order valence-electron chi connectivity index (χ1n) is 10.3. The first-order chi connectivity index (χ1) is 14.3. The van der Waals surface area contributed by atoms with Gasteiger partial charge in [0.2, 0.25) is 5.91 Å². The van der Waals surface area contributed by atoms with Crippen molar-refractivity contribution in [3.05, 3.63) is 72.1 Å². The van der Waals surface area contributed by atoms with E-state index in [9.17, 15) is 4.79 Å². The summed E-state index contributed by atoms with van der Waals surface area (Å²) in [4.78, 5) is 14.6. The van der Waals surface area contributed by atoms with Gasteiger partial charge >= 0.3 is 0 Å². The molecule has 1 amide bonds. The standard InChI is InChI=1S/C23H26N4OS/c28-22(26-16-8-3-9-17-26)18-29-23-25-24-21(15-14-19-10-4-1-5-11-19)27(23)20-12-6-2-7-13-20/h1-2,4-7,10-13H,3,8-9,14-18H2. The number of benzene rings is 2. The van der Waals surface area contributed by atoms with Crippen molar-refractivity contribution in [3.8, 4) is 5.69 Å². The SMILES string of the molecule is O=C(CSc1nnc(CCc2ccccc2)n1-c1ccccc1)N1CCCCC1. The van der Waals surface area contributed by atoms with Crippen LogP contribution >= 0.6 is 11.8 Å². The van der Waals surface area contributed by atoms with E-state index >= 15 is 0 Å². The Morgan fingerprint density at radius 3 is 2.28 bits per heavy atom. The third-order valence-corrected chi connectivity index (χ3v) is 6.14. The van der Waals surface area contributed by atoms with Gasteiger partial charge in [0.05, 0.1) is 5.75 Å². The Labute approximate surface area is 176 Å².